The lowest BCUT2D eigenvalue weighted by atomic mass is 9.74. The number of likely N-dealkylation sites (tertiary alicyclic amines) is 1. The minimum atomic E-state index is 0.610. The number of nitrogens with zero attached hydrogens (tertiary/aromatic N) is 1. The van der Waals surface area contributed by atoms with E-state index >= 15 is 0 Å². The molecule has 20 heavy (non-hydrogen) atoms. The summed E-state index contributed by atoms with van der Waals surface area (Å²) in [5, 5.41) is 3.15. The minimum Gasteiger partial charge on any atom is -0.465 e. The molecule has 3 heteroatoms. The fourth-order valence-electron chi connectivity index (χ4n) is 3.39. The number of rotatable bonds is 6. The van der Waals surface area contributed by atoms with Crippen molar-refractivity contribution < 1.29 is 4.42 Å². The molecule has 2 heterocycles. The first-order valence-electron chi connectivity index (χ1n) is 8.07. The number of aryl methyl sites for hydroxylation is 1. The summed E-state index contributed by atoms with van der Waals surface area (Å²) in [6.45, 7) is 11.1. The van der Waals surface area contributed by atoms with Crippen molar-refractivity contribution in [2.45, 2.75) is 59.5 Å². The summed E-state index contributed by atoms with van der Waals surface area (Å²) >= 11 is 0. The van der Waals surface area contributed by atoms with Crippen molar-refractivity contribution in [1.82, 2.24) is 10.2 Å². The van der Waals surface area contributed by atoms with Crippen LogP contribution in [0.25, 0.3) is 0 Å². The molecule has 1 N–H and O–H groups in total. The summed E-state index contributed by atoms with van der Waals surface area (Å²) in [4.78, 5) is 2.59. The van der Waals surface area contributed by atoms with Gasteiger partial charge in [-0.1, -0.05) is 26.7 Å². The van der Waals surface area contributed by atoms with Crippen molar-refractivity contribution in [2.24, 2.45) is 5.41 Å². The zero-order chi connectivity index (χ0) is 14.6. The summed E-state index contributed by atoms with van der Waals surface area (Å²) in [6, 6.07) is 2.22. The monoisotopic (exact) mass is 278 g/mol. The largest absolute Gasteiger partial charge is 0.465 e. The molecule has 1 aromatic rings. The summed E-state index contributed by atoms with van der Waals surface area (Å²) in [7, 11) is 1.96. The standard InChI is InChI=1S/C17H30N2O/c1-5-17(6-2)7-9-19(10-8-17)13-15-11-16(12-18-4)20-14(15)3/h11,18H,5-10,12-13H2,1-4H3. The SMILES string of the molecule is CCC1(CC)CCN(Cc2cc(CNC)oc2C)CC1. The van der Waals surface area contributed by atoms with Crippen LogP contribution in [-0.2, 0) is 13.1 Å². The lowest BCUT2D eigenvalue weighted by molar-refractivity contribution is 0.0906. The number of nitrogens with one attached hydrogen (secondary N) is 1. The average Bonchev–Trinajstić information content (AvgIpc) is 2.80. The predicted octanol–water partition coefficient (Wildman–Crippen LogP) is 3.71. The Kier molecular flexibility index (Phi) is 5.28. The van der Waals surface area contributed by atoms with E-state index in [0.717, 1.165) is 24.6 Å². The van der Waals surface area contributed by atoms with Crippen LogP contribution in [0.3, 0.4) is 0 Å². The van der Waals surface area contributed by atoms with Gasteiger partial charge in [0.05, 0.1) is 6.54 Å². The lowest BCUT2D eigenvalue weighted by Gasteiger charge is -2.41. The van der Waals surface area contributed by atoms with Crippen LogP contribution in [0.2, 0.25) is 0 Å². The van der Waals surface area contributed by atoms with Gasteiger partial charge in [-0.05, 0) is 51.4 Å². The molecule has 1 aliphatic rings. The topological polar surface area (TPSA) is 28.4 Å². The Labute approximate surface area is 123 Å². The van der Waals surface area contributed by atoms with Gasteiger partial charge in [0.1, 0.15) is 11.5 Å². The highest BCUT2D eigenvalue weighted by atomic mass is 16.3. The highest BCUT2D eigenvalue weighted by molar-refractivity contribution is 5.20. The average molecular weight is 278 g/mol. The van der Waals surface area contributed by atoms with Crippen LogP contribution < -0.4 is 5.32 Å². The molecule has 3 nitrogen and oxygen atoms in total. The normalized spacial score (nSPS) is 19.4. The van der Waals surface area contributed by atoms with E-state index in [4.69, 9.17) is 4.42 Å². The second-order valence-electron chi connectivity index (χ2n) is 6.31. The molecule has 2 rings (SSSR count). The van der Waals surface area contributed by atoms with Crippen molar-refractivity contribution in [3.63, 3.8) is 0 Å². The molecule has 0 amide bonds. The second kappa shape index (κ2) is 6.77. The van der Waals surface area contributed by atoms with E-state index in [1.165, 1.54) is 44.3 Å². The van der Waals surface area contributed by atoms with Gasteiger partial charge in [0.25, 0.3) is 0 Å². The van der Waals surface area contributed by atoms with Crippen LogP contribution in [0.1, 0.15) is 56.6 Å². The lowest BCUT2D eigenvalue weighted by Crippen LogP contribution is -2.39. The van der Waals surface area contributed by atoms with Gasteiger partial charge in [-0.15, -0.1) is 0 Å². The summed E-state index contributed by atoms with van der Waals surface area (Å²) in [6.07, 6.45) is 5.35. The molecule has 0 saturated carbocycles. The van der Waals surface area contributed by atoms with Gasteiger partial charge < -0.3 is 9.73 Å². The van der Waals surface area contributed by atoms with Gasteiger partial charge in [-0.25, -0.2) is 0 Å². The van der Waals surface area contributed by atoms with Crippen molar-refractivity contribution in [3.05, 3.63) is 23.2 Å². The smallest absolute Gasteiger partial charge is 0.118 e. The van der Waals surface area contributed by atoms with Crippen LogP contribution in [0.4, 0.5) is 0 Å². The van der Waals surface area contributed by atoms with E-state index < -0.39 is 0 Å². The number of hydrogen-bond donors (Lipinski definition) is 1. The second-order valence-corrected chi connectivity index (χ2v) is 6.31. The fourth-order valence-corrected chi connectivity index (χ4v) is 3.39. The molecule has 114 valence electrons. The summed E-state index contributed by atoms with van der Waals surface area (Å²) in [5.74, 6) is 2.13. The van der Waals surface area contributed by atoms with Crippen molar-refractivity contribution >= 4 is 0 Å². The zero-order valence-corrected chi connectivity index (χ0v) is 13.6. The van der Waals surface area contributed by atoms with Crippen molar-refractivity contribution in [2.75, 3.05) is 20.1 Å². The Morgan fingerprint density at radius 3 is 2.45 bits per heavy atom. The summed E-state index contributed by atoms with van der Waals surface area (Å²) in [5.41, 5.74) is 1.97. The van der Waals surface area contributed by atoms with Crippen LogP contribution in [-0.4, -0.2) is 25.0 Å². The minimum absolute atomic E-state index is 0.610. The van der Waals surface area contributed by atoms with Gasteiger partial charge in [0.15, 0.2) is 0 Å². The van der Waals surface area contributed by atoms with Crippen LogP contribution in [0.5, 0.6) is 0 Å². The maximum atomic E-state index is 5.79. The first kappa shape index (κ1) is 15.6. The molecule has 0 bridgehead atoms. The van der Waals surface area contributed by atoms with E-state index in [-0.39, 0.29) is 0 Å². The molecule has 0 spiro atoms. The third-order valence-corrected chi connectivity index (χ3v) is 5.23. The third-order valence-electron chi connectivity index (χ3n) is 5.23. The molecule has 0 unspecified atom stereocenters. The number of hydrogen-bond acceptors (Lipinski definition) is 3. The quantitative estimate of drug-likeness (QED) is 0.860. The maximum Gasteiger partial charge on any atom is 0.118 e. The molecule has 0 radical (unpaired) electrons. The third kappa shape index (κ3) is 3.44. The Hall–Kier alpha value is -0.800. The van der Waals surface area contributed by atoms with Crippen LogP contribution in [0, 0.1) is 12.3 Å². The van der Waals surface area contributed by atoms with Gasteiger partial charge in [0, 0.05) is 12.1 Å². The Bertz CT molecular complexity index is 411. The van der Waals surface area contributed by atoms with Crippen molar-refractivity contribution in [3.8, 4) is 0 Å². The van der Waals surface area contributed by atoms with E-state index in [1.54, 1.807) is 0 Å². The van der Waals surface area contributed by atoms with Gasteiger partial charge in [-0.3, -0.25) is 4.90 Å². The van der Waals surface area contributed by atoms with Gasteiger partial charge in [0.2, 0.25) is 0 Å². The van der Waals surface area contributed by atoms with E-state index in [1.807, 2.05) is 7.05 Å². The first-order chi connectivity index (χ1) is 9.62. The van der Waals surface area contributed by atoms with E-state index in [2.05, 4.69) is 37.1 Å². The molecule has 1 saturated heterocycles. The summed E-state index contributed by atoms with van der Waals surface area (Å²) < 4.78 is 5.79. The Balaban J connectivity index is 1.92. The maximum absolute atomic E-state index is 5.79. The molecule has 1 aromatic heterocycles. The highest BCUT2D eigenvalue weighted by Crippen LogP contribution is 2.38. The molecule has 0 aromatic carbocycles. The fraction of sp³-hybridized carbons (Fsp3) is 0.765. The van der Waals surface area contributed by atoms with Crippen LogP contribution in [0.15, 0.2) is 10.5 Å². The molecule has 0 aliphatic carbocycles. The first-order valence-corrected chi connectivity index (χ1v) is 8.07. The van der Waals surface area contributed by atoms with Crippen molar-refractivity contribution in [1.29, 1.82) is 0 Å². The van der Waals surface area contributed by atoms with Gasteiger partial charge >= 0.3 is 0 Å². The predicted molar refractivity (Wildman–Crippen MR) is 83.7 cm³/mol. The van der Waals surface area contributed by atoms with Crippen LogP contribution >= 0.6 is 0 Å². The van der Waals surface area contributed by atoms with E-state index in [9.17, 15) is 0 Å². The zero-order valence-electron chi connectivity index (χ0n) is 13.6. The molecular formula is C17H30N2O. The Morgan fingerprint density at radius 2 is 1.90 bits per heavy atom. The Morgan fingerprint density at radius 1 is 1.25 bits per heavy atom. The highest BCUT2D eigenvalue weighted by Gasteiger charge is 2.31. The molecule has 1 fully saturated rings. The molecule has 1 aliphatic heterocycles. The molecule has 0 atom stereocenters. The number of furan rings is 1. The van der Waals surface area contributed by atoms with Gasteiger partial charge in [-0.2, -0.15) is 0 Å². The number of piperidine rings is 1. The molecular weight excluding hydrogens is 248 g/mol. The van der Waals surface area contributed by atoms with E-state index in [0.29, 0.717) is 5.41 Å².